The van der Waals surface area contributed by atoms with Gasteiger partial charge in [0.15, 0.2) is 5.65 Å². The fourth-order valence-corrected chi connectivity index (χ4v) is 6.21. The first-order valence-electron chi connectivity index (χ1n) is 14.0. The minimum absolute atomic E-state index is 0.00443. The Balaban J connectivity index is 1.36. The molecule has 218 valence electrons. The van der Waals surface area contributed by atoms with Crippen LogP contribution >= 0.6 is 11.6 Å². The second-order valence-corrected chi connectivity index (χ2v) is 12.5. The van der Waals surface area contributed by atoms with E-state index in [0.29, 0.717) is 62.2 Å². The summed E-state index contributed by atoms with van der Waals surface area (Å²) in [4.78, 5) is 46.6. The third-order valence-electron chi connectivity index (χ3n) is 8.39. The third kappa shape index (κ3) is 5.66. The number of halogens is 2. The Bertz CT molecular complexity index is 1510. The van der Waals surface area contributed by atoms with Gasteiger partial charge in [0, 0.05) is 36.7 Å². The molecule has 3 heterocycles. The number of hydrogen-bond donors (Lipinski definition) is 1. The minimum Gasteiger partial charge on any atom is -0.481 e. The zero-order chi connectivity index (χ0) is 29.6. The molecule has 41 heavy (non-hydrogen) atoms. The molecule has 2 fully saturated rings. The largest absolute Gasteiger partial charge is 0.481 e. The summed E-state index contributed by atoms with van der Waals surface area (Å²) >= 11 is 6.02. The van der Waals surface area contributed by atoms with E-state index in [9.17, 15) is 23.9 Å². The Hall–Kier alpha value is -3.53. The summed E-state index contributed by atoms with van der Waals surface area (Å²) in [7, 11) is 0. The van der Waals surface area contributed by atoms with Gasteiger partial charge in [-0.05, 0) is 69.7 Å². The molecule has 5 rings (SSSR count). The second kappa shape index (κ2) is 11.0. The van der Waals surface area contributed by atoms with Gasteiger partial charge in [0.25, 0.3) is 5.91 Å². The predicted molar refractivity (Wildman–Crippen MR) is 152 cm³/mol. The van der Waals surface area contributed by atoms with Crippen LogP contribution in [0.3, 0.4) is 0 Å². The lowest BCUT2D eigenvalue weighted by Gasteiger charge is -2.47. The van der Waals surface area contributed by atoms with E-state index in [1.165, 1.54) is 12.1 Å². The number of hydrogen-bond acceptors (Lipinski definition) is 5. The SMILES string of the molecule is CC(C)c1cc(-c2ccc(F)c(Cl)c2)nn2cc(C(=O)N3CCN(C(=O)[C@H]4CC[C@@H](C(=O)O)CC4)CC3(C)C)nc12. The van der Waals surface area contributed by atoms with E-state index in [1.807, 2.05) is 38.7 Å². The molecule has 3 aromatic rings. The number of carboxylic acids is 1. The van der Waals surface area contributed by atoms with Crippen molar-refractivity contribution in [2.45, 2.75) is 64.8 Å². The maximum atomic E-state index is 13.8. The third-order valence-corrected chi connectivity index (χ3v) is 8.68. The number of imidazole rings is 1. The highest BCUT2D eigenvalue weighted by Crippen LogP contribution is 2.33. The van der Waals surface area contributed by atoms with Gasteiger partial charge in [-0.15, -0.1) is 0 Å². The Morgan fingerprint density at radius 2 is 1.76 bits per heavy atom. The lowest BCUT2D eigenvalue weighted by atomic mass is 9.81. The zero-order valence-electron chi connectivity index (χ0n) is 23.7. The summed E-state index contributed by atoms with van der Waals surface area (Å²) in [5, 5.41) is 13.9. The molecule has 1 aliphatic heterocycles. The maximum Gasteiger partial charge on any atom is 0.306 e. The molecule has 1 saturated heterocycles. The molecular weight excluding hydrogens is 549 g/mol. The van der Waals surface area contributed by atoms with E-state index < -0.39 is 17.3 Å². The highest BCUT2D eigenvalue weighted by Gasteiger charge is 2.41. The molecule has 0 atom stereocenters. The van der Waals surface area contributed by atoms with Gasteiger partial charge in [-0.2, -0.15) is 5.10 Å². The van der Waals surface area contributed by atoms with E-state index >= 15 is 0 Å². The van der Waals surface area contributed by atoms with E-state index in [0.717, 1.165) is 5.56 Å². The minimum atomic E-state index is -0.789. The zero-order valence-corrected chi connectivity index (χ0v) is 24.5. The van der Waals surface area contributed by atoms with Crippen molar-refractivity contribution < 1.29 is 23.9 Å². The van der Waals surface area contributed by atoms with Crippen molar-refractivity contribution in [3.63, 3.8) is 0 Å². The van der Waals surface area contributed by atoms with E-state index in [1.54, 1.807) is 21.7 Å². The van der Waals surface area contributed by atoms with Crippen LogP contribution in [0.15, 0.2) is 30.5 Å². The van der Waals surface area contributed by atoms with Crippen molar-refractivity contribution >= 4 is 35.0 Å². The van der Waals surface area contributed by atoms with Gasteiger partial charge in [0.05, 0.1) is 28.4 Å². The van der Waals surface area contributed by atoms with Crippen LogP contribution in [0.2, 0.25) is 5.02 Å². The summed E-state index contributed by atoms with van der Waals surface area (Å²) in [6.45, 7) is 9.09. The molecule has 9 nitrogen and oxygen atoms in total. The molecule has 1 N–H and O–H groups in total. The monoisotopic (exact) mass is 583 g/mol. The number of benzene rings is 1. The van der Waals surface area contributed by atoms with Crippen LogP contribution in [0.25, 0.3) is 16.9 Å². The van der Waals surface area contributed by atoms with Crippen molar-refractivity contribution in [2.75, 3.05) is 19.6 Å². The van der Waals surface area contributed by atoms with Crippen LogP contribution in [-0.2, 0) is 9.59 Å². The highest BCUT2D eigenvalue weighted by molar-refractivity contribution is 6.31. The van der Waals surface area contributed by atoms with Gasteiger partial charge in [0.1, 0.15) is 11.5 Å². The summed E-state index contributed by atoms with van der Waals surface area (Å²) in [6.07, 6.45) is 3.81. The van der Waals surface area contributed by atoms with Gasteiger partial charge in [-0.3, -0.25) is 14.4 Å². The lowest BCUT2D eigenvalue weighted by molar-refractivity contribution is -0.147. The standard InChI is InChI=1S/C30H35ClFN5O4/c1-17(2)21-14-24(20-9-10-23(32)22(31)13-20)34-37-15-25(33-26(21)37)28(39)36-12-11-35(16-30(36,3)4)27(38)18-5-7-19(8-6-18)29(40)41/h9-10,13-15,17-19H,5-8,11-12,16H2,1-4H3,(H,40,41)/t18-,19+. The van der Waals surface area contributed by atoms with Crippen LogP contribution in [0.5, 0.6) is 0 Å². The van der Waals surface area contributed by atoms with E-state index in [4.69, 9.17) is 11.6 Å². The molecule has 0 radical (unpaired) electrons. The molecule has 2 aliphatic rings. The van der Waals surface area contributed by atoms with Crippen LogP contribution in [0.4, 0.5) is 4.39 Å². The van der Waals surface area contributed by atoms with E-state index in [2.05, 4.69) is 10.1 Å². The van der Waals surface area contributed by atoms with Gasteiger partial charge in [-0.1, -0.05) is 25.4 Å². The Labute approximate surface area is 243 Å². The number of carbonyl (C=O) groups is 3. The molecule has 1 aliphatic carbocycles. The maximum absolute atomic E-state index is 13.8. The molecule has 1 saturated carbocycles. The normalized spacial score (nSPS) is 21.0. The molecule has 2 aromatic heterocycles. The van der Waals surface area contributed by atoms with Crippen molar-refractivity contribution in [1.29, 1.82) is 0 Å². The number of amides is 2. The van der Waals surface area contributed by atoms with Gasteiger partial charge in [-0.25, -0.2) is 13.9 Å². The first-order valence-corrected chi connectivity index (χ1v) is 14.4. The number of fused-ring (bicyclic) bond motifs is 1. The quantitative estimate of drug-likeness (QED) is 0.439. The fourth-order valence-electron chi connectivity index (χ4n) is 6.03. The Kier molecular flexibility index (Phi) is 7.80. The molecule has 11 heteroatoms. The molecular formula is C30H35ClFN5O4. The lowest BCUT2D eigenvalue weighted by Crippen LogP contribution is -2.62. The number of carboxylic acid groups (broad SMARTS) is 1. The van der Waals surface area contributed by atoms with Crippen LogP contribution in [-0.4, -0.2) is 72.5 Å². The molecule has 0 spiro atoms. The number of nitrogens with zero attached hydrogens (tertiary/aromatic N) is 5. The first kappa shape index (κ1) is 29.0. The molecule has 0 unspecified atom stereocenters. The average Bonchev–Trinajstić information content (AvgIpc) is 3.37. The second-order valence-electron chi connectivity index (χ2n) is 12.1. The molecule has 1 aromatic carbocycles. The van der Waals surface area contributed by atoms with E-state index in [-0.39, 0.29) is 40.3 Å². The summed E-state index contributed by atoms with van der Waals surface area (Å²) in [5.41, 5.74) is 2.33. The Morgan fingerprint density at radius 3 is 2.37 bits per heavy atom. The fraction of sp³-hybridized carbons (Fsp3) is 0.500. The van der Waals surface area contributed by atoms with Crippen LogP contribution in [0.1, 0.15) is 75.3 Å². The van der Waals surface area contributed by atoms with Crippen molar-refractivity contribution in [3.8, 4) is 11.3 Å². The molecule has 2 amide bonds. The summed E-state index contributed by atoms with van der Waals surface area (Å²) in [5.74, 6) is -1.96. The average molecular weight is 584 g/mol. The topological polar surface area (TPSA) is 108 Å². The highest BCUT2D eigenvalue weighted by atomic mass is 35.5. The van der Waals surface area contributed by atoms with Gasteiger partial charge >= 0.3 is 5.97 Å². The number of aliphatic carboxylic acids is 1. The summed E-state index contributed by atoms with van der Waals surface area (Å²) in [6, 6.07) is 6.33. The first-order chi connectivity index (χ1) is 19.4. The number of piperazine rings is 1. The number of aromatic nitrogens is 3. The number of carbonyl (C=O) groups excluding carboxylic acids is 2. The van der Waals surface area contributed by atoms with Crippen LogP contribution < -0.4 is 0 Å². The predicted octanol–water partition coefficient (Wildman–Crippen LogP) is 5.27. The smallest absolute Gasteiger partial charge is 0.306 e. The van der Waals surface area contributed by atoms with Crippen molar-refractivity contribution in [1.82, 2.24) is 24.4 Å². The van der Waals surface area contributed by atoms with Crippen LogP contribution in [0, 0.1) is 17.7 Å². The van der Waals surface area contributed by atoms with Crippen molar-refractivity contribution in [3.05, 3.63) is 52.6 Å². The van der Waals surface area contributed by atoms with Gasteiger partial charge < -0.3 is 14.9 Å². The molecule has 0 bridgehead atoms. The number of rotatable bonds is 5. The Morgan fingerprint density at radius 1 is 1.07 bits per heavy atom. The van der Waals surface area contributed by atoms with Gasteiger partial charge in [0.2, 0.25) is 5.91 Å². The summed E-state index contributed by atoms with van der Waals surface area (Å²) < 4.78 is 15.4. The van der Waals surface area contributed by atoms with Crippen molar-refractivity contribution in [2.24, 2.45) is 11.8 Å².